The Labute approximate surface area is 179 Å². The van der Waals surface area contributed by atoms with Gasteiger partial charge in [0.05, 0.1) is 5.69 Å². The van der Waals surface area contributed by atoms with Crippen LogP contribution in [0.25, 0.3) is 11.3 Å². The van der Waals surface area contributed by atoms with Crippen LogP contribution in [0.5, 0.6) is 0 Å². The molecule has 1 aromatic carbocycles. The van der Waals surface area contributed by atoms with E-state index in [-0.39, 0.29) is 5.82 Å². The number of piperazine rings is 1. The molecule has 1 aromatic heterocycles. The predicted molar refractivity (Wildman–Crippen MR) is 113 cm³/mol. The fourth-order valence-corrected chi connectivity index (χ4v) is 3.94. The van der Waals surface area contributed by atoms with Crippen LogP contribution in [0.15, 0.2) is 48.6 Å². The number of carboxylic acid groups (broad SMARTS) is 2. The molecule has 0 amide bonds. The van der Waals surface area contributed by atoms with E-state index in [1.165, 1.54) is 31.4 Å². The molecule has 2 aliphatic heterocycles. The van der Waals surface area contributed by atoms with Gasteiger partial charge in [0.1, 0.15) is 5.82 Å². The molecule has 0 saturated carbocycles. The van der Waals surface area contributed by atoms with Gasteiger partial charge in [-0.25, -0.2) is 14.0 Å². The van der Waals surface area contributed by atoms with Gasteiger partial charge in [-0.05, 0) is 44.2 Å². The van der Waals surface area contributed by atoms with Crippen LogP contribution >= 0.6 is 0 Å². The van der Waals surface area contributed by atoms with Gasteiger partial charge in [0.15, 0.2) is 5.82 Å². The van der Waals surface area contributed by atoms with Crippen LogP contribution in [-0.2, 0) is 9.59 Å². The third kappa shape index (κ3) is 6.08. The first-order valence-electron chi connectivity index (χ1n) is 10.0. The Kier molecular flexibility index (Phi) is 7.30. The van der Waals surface area contributed by atoms with Gasteiger partial charge in [-0.1, -0.05) is 18.6 Å². The lowest BCUT2D eigenvalue weighted by Gasteiger charge is -2.48. The van der Waals surface area contributed by atoms with Crippen LogP contribution in [0.1, 0.15) is 19.3 Å². The lowest BCUT2D eigenvalue weighted by atomic mass is 9.92. The summed E-state index contributed by atoms with van der Waals surface area (Å²) in [4.78, 5) is 24.0. The predicted octanol–water partition coefficient (Wildman–Crippen LogP) is 2.67. The van der Waals surface area contributed by atoms with Crippen molar-refractivity contribution in [3.05, 3.63) is 54.4 Å². The Balaban J connectivity index is 0.000000293. The summed E-state index contributed by atoms with van der Waals surface area (Å²) < 4.78 is 13.3. The molecule has 164 valence electrons. The van der Waals surface area contributed by atoms with E-state index in [0.717, 1.165) is 24.5 Å². The average molecular weight is 428 g/mol. The van der Waals surface area contributed by atoms with Crippen molar-refractivity contribution in [1.82, 2.24) is 15.1 Å². The fourth-order valence-electron chi connectivity index (χ4n) is 3.94. The van der Waals surface area contributed by atoms with Crippen molar-refractivity contribution in [2.75, 3.05) is 25.0 Å². The summed E-state index contributed by atoms with van der Waals surface area (Å²) >= 11 is 0. The number of likely N-dealkylation sites (N-methyl/N-ethyl adjacent to an activating group) is 1. The van der Waals surface area contributed by atoms with E-state index >= 15 is 0 Å². The highest BCUT2D eigenvalue weighted by molar-refractivity contribution is 5.89. The summed E-state index contributed by atoms with van der Waals surface area (Å²) in [6.07, 6.45) is 4.97. The number of carbonyl (C=O) groups is 2. The smallest absolute Gasteiger partial charge is 0.328 e. The zero-order valence-electron chi connectivity index (χ0n) is 17.2. The van der Waals surface area contributed by atoms with E-state index in [2.05, 4.69) is 27.0 Å². The molecule has 2 aromatic rings. The molecule has 3 heterocycles. The number of carboxylic acids is 2. The van der Waals surface area contributed by atoms with E-state index in [9.17, 15) is 14.0 Å². The zero-order valence-corrected chi connectivity index (χ0v) is 17.2. The van der Waals surface area contributed by atoms with Gasteiger partial charge >= 0.3 is 11.9 Å². The van der Waals surface area contributed by atoms with Crippen LogP contribution in [0.3, 0.4) is 0 Å². The lowest BCUT2D eigenvalue weighted by molar-refractivity contribution is -0.134. The number of nitrogens with zero attached hydrogens (tertiary/aromatic N) is 4. The molecule has 2 fully saturated rings. The standard InChI is InChI=1S/C18H21FN4.C4H4O4/c1-22-15-6-3-7-16(22)12-23(11-15)18-9-8-17(20-21-18)13-4-2-5-14(19)10-13;5-3(6)1-2-4(7)8/h2,4-5,8-10,15-16H,3,6-7,11-12H2,1H3;1-2H,(H,5,6)(H,7,8)/b;2-1+. The van der Waals surface area contributed by atoms with Crippen LogP contribution < -0.4 is 4.90 Å². The number of rotatable bonds is 4. The monoisotopic (exact) mass is 428 g/mol. The molecule has 2 aliphatic rings. The number of fused-ring (bicyclic) bond motifs is 2. The Bertz CT molecular complexity index is 921. The van der Waals surface area contributed by atoms with Gasteiger partial charge in [-0.3, -0.25) is 4.90 Å². The number of aliphatic carboxylic acids is 2. The summed E-state index contributed by atoms with van der Waals surface area (Å²) in [5.41, 5.74) is 1.47. The van der Waals surface area contributed by atoms with Crippen LogP contribution in [-0.4, -0.2) is 69.5 Å². The normalized spacial score (nSPS) is 20.8. The second-order valence-electron chi connectivity index (χ2n) is 7.61. The topological polar surface area (TPSA) is 107 Å². The van der Waals surface area contributed by atoms with E-state index in [4.69, 9.17) is 10.2 Å². The maximum Gasteiger partial charge on any atom is 0.328 e. The van der Waals surface area contributed by atoms with Gasteiger partial charge in [-0.2, -0.15) is 0 Å². The van der Waals surface area contributed by atoms with Crippen molar-refractivity contribution in [2.45, 2.75) is 31.3 Å². The average Bonchev–Trinajstić information content (AvgIpc) is 2.73. The summed E-state index contributed by atoms with van der Waals surface area (Å²) in [5, 5.41) is 24.3. The van der Waals surface area contributed by atoms with Gasteiger partial charge in [0, 0.05) is 42.9 Å². The summed E-state index contributed by atoms with van der Waals surface area (Å²) in [7, 11) is 2.24. The fraction of sp³-hybridized carbons (Fsp3) is 0.364. The number of halogens is 1. The Morgan fingerprint density at radius 2 is 1.68 bits per heavy atom. The van der Waals surface area contributed by atoms with Crippen LogP contribution in [0.2, 0.25) is 0 Å². The molecule has 2 saturated heterocycles. The lowest BCUT2D eigenvalue weighted by Crippen LogP contribution is -2.59. The number of benzene rings is 1. The molecule has 2 N–H and O–H groups in total. The molecule has 2 atom stereocenters. The minimum atomic E-state index is -1.26. The van der Waals surface area contributed by atoms with Gasteiger partial charge < -0.3 is 15.1 Å². The van der Waals surface area contributed by atoms with Crippen molar-refractivity contribution < 1.29 is 24.2 Å². The molecule has 2 bridgehead atoms. The summed E-state index contributed by atoms with van der Waals surface area (Å²) in [6, 6.07) is 11.7. The van der Waals surface area contributed by atoms with Crippen LogP contribution in [0, 0.1) is 5.82 Å². The van der Waals surface area contributed by atoms with Crippen LogP contribution in [0.4, 0.5) is 10.2 Å². The molecular formula is C22H25FN4O4. The first kappa shape index (κ1) is 22.4. The van der Waals surface area contributed by atoms with E-state index in [1.54, 1.807) is 6.07 Å². The second-order valence-corrected chi connectivity index (χ2v) is 7.61. The van der Waals surface area contributed by atoms with Crippen molar-refractivity contribution in [3.8, 4) is 11.3 Å². The van der Waals surface area contributed by atoms with E-state index in [0.29, 0.717) is 29.9 Å². The highest BCUT2D eigenvalue weighted by atomic mass is 19.1. The first-order valence-corrected chi connectivity index (χ1v) is 10.0. The Morgan fingerprint density at radius 3 is 2.19 bits per heavy atom. The maximum absolute atomic E-state index is 13.3. The SMILES string of the molecule is CN1C2CCCC1CN(c1ccc(-c3cccc(F)c3)nn1)C2.O=C(O)/C=C/C(=O)O. The largest absolute Gasteiger partial charge is 0.478 e. The number of hydrogen-bond donors (Lipinski definition) is 2. The third-order valence-corrected chi connectivity index (χ3v) is 5.55. The Hall–Kier alpha value is -3.33. The van der Waals surface area contributed by atoms with Gasteiger partial charge in [0.2, 0.25) is 0 Å². The maximum atomic E-state index is 13.3. The molecule has 2 unspecified atom stereocenters. The molecule has 31 heavy (non-hydrogen) atoms. The van der Waals surface area contributed by atoms with Gasteiger partial charge in [-0.15, -0.1) is 10.2 Å². The quantitative estimate of drug-likeness (QED) is 0.716. The van der Waals surface area contributed by atoms with Crippen molar-refractivity contribution in [1.29, 1.82) is 0 Å². The zero-order chi connectivity index (χ0) is 22.4. The molecular weight excluding hydrogens is 403 g/mol. The van der Waals surface area contributed by atoms with Crippen molar-refractivity contribution in [3.63, 3.8) is 0 Å². The van der Waals surface area contributed by atoms with Crippen molar-refractivity contribution >= 4 is 17.8 Å². The highest BCUT2D eigenvalue weighted by Gasteiger charge is 2.35. The third-order valence-electron chi connectivity index (χ3n) is 5.55. The number of hydrogen-bond acceptors (Lipinski definition) is 6. The summed E-state index contributed by atoms with van der Waals surface area (Å²) in [6.45, 7) is 2.03. The minimum absolute atomic E-state index is 0.250. The van der Waals surface area contributed by atoms with E-state index < -0.39 is 11.9 Å². The Morgan fingerprint density at radius 1 is 1.03 bits per heavy atom. The summed E-state index contributed by atoms with van der Waals surface area (Å²) in [5.74, 6) is -1.84. The highest BCUT2D eigenvalue weighted by Crippen LogP contribution is 2.29. The molecule has 0 radical (unpaired) electrons. The van der Waals surface area contributed by atoms with E-state index in [1.807, 2.05) is 18.2 Å². The van der Waals surface area contributed by atoms with Gasteiger partial charge in [0.25, 0.3) is 0 Å². The molecule has 0 aliphatic carbocycles. The number of aromatic nitrogens is 2. The molecule has 4 rings (SSSR count). The number of piperidine rings is 1. The minimum Gasteiger partial charge on any atom is -0.478 e. The molecule has 0 spiro atoms. The molecule has 8 nitrogen and oxygen atoms in total. The first-order chi connectivity index (χ1) is 14.8. The molecule has 9 heteroatoms. The van der Waals surface area contributed by atoms with Crippen molar-refractivity contribution in [2.24, 2.45) is 0 Å². The number of anilines is 1. The second kappa shape index (κ2) is 10.1.